The van der Waals surface area contributed by atoms with Gasteiger partial charge in [-0.25, -0.2) is 0 Å². The molecule has 0 aromatic rings. The third-order valence-electron chi connectivity index (χ3n) is 8.84. The minimum Gasteiger partial charge on any atom is -0.0651 e. The summed E-state index contributed by atoms with van der Waals surface area (Å²) in [4.78, 5) is 0. The highest BCUT2D eigenvalue weighted by Crippen LogP contribution is 2.52. The van der Waals surface area contributed by atoms with E-state index in [0.29, 0.717) is 0 Å². The number of rotatable bonds is 3. The first-order valence-corrected chi connectivity index (χ1v) is 11.4. The van der Waals surface area contributed by atoms with Crippen LogP contribution in [-0.4, -0.2) is 0 Å². The first-order valence-electron chi connectivity index (χ1n) is 11.4. The maximum atomic E-state index is 2.53. The van der Waals surface area contributed by atoms with Gasteiger partial charge in [0.1, 0.15) is 0 Å². The lowest BCUT2D eigenvalue weighted by Gasteiger charge is -2.49. The van der Waals surface area contributed by atoms with Gasteiger partial charge in [-0.1, -0.05) is 71.1 Å². The van der Waals surface area contributed by atoms with Crippen molar-refractivity contribution in [2.45, 2.75) is 103 Å². The Labute approximate surface area is 145 Å². The molecule has 0 nitrogen and oxygen atoms in total. The standard InChI is InChI=1S/C23H40/c1-2-21(20-15-14-17-8-3-4-10-19(17)16-20)23-13-7-11-18-9-5-6-12-22(18)23/h17-23H,2-16H2,1H3. The molecule has 4 fully saturated rings. The molecule has 0 bridgehead atoms. The quantitative estimate of drug-likeness (QED) is 0.515. The smallest absolute Gasteiger partial charge is 0.0352 e. The zero-order chi connectivity index (χ0) is 15.6. The minimum absolute atomic E-state index is 1.09. The molecule has 0 N–H and O–H groups in total. The molecule has 0 heterocycles. The van der Waals surface area contributed by atoms with E-state index < -0.39 is 0 Å². The normalized spacial score (nSPS) is 45.8. The van der Waals surface area contributed by atoms with Crippen LogP contribution in [0.15, 0.2) is 0 Å². The van der Waals surface area contributed by atoms with E-state index >= 15 is 0 Å². The highest BCUT2D eigenvalue weighted by atomic mass is 14.5. The maximum Gasteiger partial charge on any atom is -0.0352 e. The fourth-order valence-corrected chi connectivity index (χ4v) is 7.80. The molecule has 23 heavy (non-hydrogen) atoms. The molecular formula is C23H40. The zero-order valence-electron chi connectivity index (χ0n) is 15.6. The fourth-order valence-electron chi connectivity index (χ4n) is 7.80. The molecule has 7 unspecified atom stereocenters. The van der Waals surface area contributed by atoms with Crippen LogP contribution in [0.4, 0.5) is 0 Å². The van der Waals surface area contributed by atoms with Gasteiger partial charge < -0.3 is 0 Å². The average Bonchev–Trinajstić information content (AvgIpc) is 2.62. The Morgan fingerprint density at radius 2 is 1.35 bits per heavy atom. The predicted molar refractivity (Wildman–Crippen MR) is 99.4 cm³/mol. The average molecular weight is 317 g/mol. The second-order valence-corrected chi connectivity index (χ2v) is 9.75. The van der Waals surface area contributed by atoms with Gasteiger partial charge in [-0.3, -0.25) is 0 Å². The molecule has 0 amide bonds. The SMILES string of the molecule is CCC(C1CCC2CCCCC2C1)C1CCCC2CCCCC21. The van der Waals surface area contributed by atoms with Crippen molar-refractivity contribution in [2.75, 3.05) is 0 Å². The highest BCUT2D eigenvalue weighted by molar-refractivity contribution is 4.93. The number of fused-ring (bicyclic) bond motifs is 2. The largest absolute Gasteiger partial charge is 0.0651 e. The van der Waals surface area contributed by atoms with Gasteiger partial charge in [0.05, 0.1) is 0 Å². The Hall–Kier alpha value is 0. The molecule has 132 valence electrons. The van der Waals surface area contributed by atoms with E-state index in [9.17, 15) is 0 Å². The van der Waals surface area contributed by atoms with Crippen LogP contribution in [0, 0.1) is 41.4 Å². The molecule has 0 aromatic heterocycles. The van der Waals surface area contributed by atoms with Gasteiger partial charge in [0.2, 0.25) is 0 Å². The summed E-state index contributed by atoms with van der Waals surface area (Å²) in [6.45, 7) is 2.53. The van der Waals surface area contributed by atoms with Crippen LogP contribution < -0.4 is 0 Å². The molecule has 0 aromatic carbocycles. The highest BCUT2D eigenvalue weighted by Gasteiger charge is 2.42. The summed E-state index contributed by atoms with van der Waals surface area (Å²) in [5.41, 5.74) is 0. The first kappa shape index (κ1) is 16.5. The van der Waals surface area contributed by atoms with E-state index in [1.54, 1.807) is 77.0 Å². The Morgan fingerprint density at radius 1 is 0.652 bits per heavy atom. The lowest BCUT2D eigenvalue weighted by molar-refractivity contribution is 0.00964. The maximum absolute atomic E-state index is 2.53. The van der Waals surface area contributed by atoms with Gasteiger partial charge in [0, 0.05) is 0 Å². The van der Waals surface area contributed by atoms with Crippen molar-refractivity contribution in [1.82, 2.24) is 0 Å². The summed E-state index contributed by atoms with van der Waals surface area (Å²) in [6, 6.07) is 0. The summed E-state index contributed by atoms with van der Waals surface area (Å²) in [7, 11) is 0. The molecule has 4 saturated carbocycles. The van der Waals surface area contributed by atoms with Crippen LogP contribution in [0.3, 0.4) is 0 Å². The third kappa shape index (κ3) is 3.38. The van der Waals surface area contributed by atoms with E-state index in [-0.39, 0.29) is 0 Å². The second kappa shape index (κ2) is 7.49. The molecule has 4 aliphatic carbocycles. The molecular weight excluding hydrogens is 276 g/mol. The van der Waals surface area contributed by atoms with Crippen molar-refractivity contribution in [3.05, 3.63) is 0 Å². The number of hydrogen-bond acceptors (Lipinski definition) is 0. The van der Waals surface area contributed by atoms with Crippen molar-refractivity contribution < 1.29 is 0 Å². The lowest BCUT2D eigenvalue weighted by atomic mass is 9.56. The van der Waals surface area contributed by atoms with E-state index in [1.807, 2.05) is 0 Å². The zero-order valence-corrected chi connectivity index (χ0v) is 15.6. The molecule has 0 aliphatic heterocycles. The Kier molecular flexibility index (Phi) is 5.36. The molecule has 0 spiro atoms. The monoisotopic (exact) mass is 316 g/mol. The van der Waals surface area contributed by atoms with Gasteiger partial charge in [0.15, 0.2) is 0 Å². The van der Waals surface area contributed by atoms with Gasteiger partial charge in [-0.05, 0) is 73.5 Å². The molecule has 4 rings (SSSR count). The predicted octanol–water partition coefficient (Wildman–Crippen LogP) is 7.23. The van der Waals surface area contributed by atoms with Crippen LogP contribution in [0.5, 0.6) is 0 Å². The van der Waals surface area contributed by atoms with Crippen LogP contribution >= 0.6 is 0 Å². The van der Waals surface area contributed by atoms with Crippen molar-refractivity contribution in [3.8, 4) is 0 Å². The molecule has 0 radical (unpaired) electrons. The van der Waals surface area contributed by atoms with Crippen LogP contribution in [0.1, 0.15) is 103 Å². The van der Waals surface area contributed by atoms with Gasteiger partial charge in [0.25, 0.3) is 0 Å². The summed E-state index contributed by atoms with van der Waals surface area (Å²) >= 11 is 0. The van der Waals surface area contributed by atoms with Crippen molar-refractivity contribution in [3.63, 3.8) is 0 Å². The molecule has 7 atom stereocenters. The van der Waals surface area contributed by atoms with E-state index in [0.717, 1.165) is 41.4 Å². The summed E-state index contributed by atoms with van der Waals surface area (Å²) in [5, 5.41) is 0. The minimum atomic E-state index is 1.09. The molecule has 0 heteroatoms. The summed E-state index contributed by atoms with van der Waals surface area (Å²) < 4.78 is 0. The van der Waals surface area contributed by atoms with E-state index in [2.05, 4.69) is 6.92 Å². The van der Waals surface area contributed by atoms with Crippen molar-refractivity contribution in [1.29, 1.82) is 0 Å². The number of hydrogen-bond donors (Lipinski definition) is 0. The van der Waals surface area contributed by atoms with Crippen LogP contribution in [-0.2, 0) is 0 Å². The fraction of sp³-hybridized carbons (Fsp3) is 1.00. The van der Waals surface area contributed by atoms with Gasteiger partial charge >= 0.3 is 0 Å². The molecule has 4 aliphatic rings. The van der Waals surface area contributed by atoms with Gasteiger partial charge in [-0.15, -0.1) is 0 Å². The first-order chi connectivity index (χ1) is 11.4. The topological polar surface area (TPSA) is 0 Å². The molecule has 0 saturated heterocycles. The third-order valence-corrected chi connectivity index (χ3v) is 8.84. The van der Waals surface area contributed by atoms with Crippen LogP contribution in [0.2, 0.25) is 0 Å². The van der Waals surface area contributed by atoms with Crippen molar-refractivity contribution >= 4 is 0 Å². The summed E-state index contributed by atoms with van der Waals surface area (Å²) in [6.07, 6.45) is 23.5. The second-order valence-electron chi connectivity index (χ2n) is 9.75. The Bertz CT molecular complexity index is 370. The van der Waals surface area contributed by atoms with Crippen molar-refractivity contribution in [2.24, 2.45) is 41.4 Å². The van der Waals surface area contributed by atoms with Gasteiger partial charge in [-0.2, -0.15) is 0 Å². The Balaban J connectivity index is 1.44. The Morgan fingerprint density at radius 3 is 2.17 bits per heavy atom. The lowest BCUT2D eigenvalue weighted by Crippen LogP contribution is -2.40. The van der Waals surface area contributed by atoms with E-state index in [4.69, 9.17) is 0 Å². The van der Waals surface area contributed by atoms with E-state index in [1.165, 1.54) is 19.3 Å². The summed E-state index contributed by atoms with van der Waals surface area (Å²) in [5.74, 6) is 7.82. The van der Waals surface area contributed by atoms with Crippen LogP contribution in [0.25, 0.3) is 0 Å².